The summed E-state index contributed by atoms with van der Waals surface area (Å²) in [5.74, 6) is -0.931. The minimum atomic E-state index is -0.931. The third kappa shape index (κ3) is 2.15. The van der Waals surface area contributed by atoms with Crippen LogP contribution in [0.2, 0.25) is 0 Å². The number of hydrogen-bond acceptors (Lipinski definition) is 4. The molecule has 0 saturated heterocycles. The van der Waals surface area contributed by atoms with E-state index in [-0.39, 0.29) is 0 Å². The van der Waals surface area contributed by atoms with Gasteiger partial charge in [-0.1, -0.05) is 18.2 Å². The van der Waals surface area contributed by atoms with Gasteiger partial charge in [0.2, 0.25) is 0 Å². The number of aromatic carboxylic acids is 1. The Balaban J connectivity index is 2.15. The highest BCUT2D eigenvalue weighted by atomic mass is 32.1. The van der Waals surface area contributed by atoms with Crippen molar-refractivity contribution in [2.24, 2.45) is 0 Å². The molecule has 0 atom stereocenters. The first-order valence-electron chi connectivity index (χ1n) is 5.67. The Hall–Kier alpha value is -2.40. The van der Waals surface area contributed by atoms with E-state index in [1.807, 2.05) is 36.4 Å². The zero-order valence-corrected chi connectivity index (χ0v) is 10.6. The number of benzene rings is 1. The second kappa shape index (κ2) is 4.70. The van der Waals surface area contributed by atoms with Crippen molar-refractivity contribution in [1.29, 1.82) is 0 Å². The predicted molar refractivity (Wildman–Crippen MR) is 76.3 cm³/mol. The Kier molecular flexibility index (Phi) is 2.89. The van der Waals surface area contributed by atoms with Gasteiger partial charge in [0.15, 0.2) is 0 Å². The molecule has 0 aliphatic rings. The zero-order valence-electron chi connectivity index (χ0n) is 9.83. The summed E-state index contributed by atoms with van der Waals surface area (Å²) in [7, 11) is 0. The van der Waals surface area contributed by atoms with Gasteiger partial charge in [-0.25, -0.2) is 4.79 Å². The smallest absolute Gasteiger partial charge is 0.348 e. The first kappa shape index (κ1) is 11.7. The molecule has 0 radical (unpaired) electrons. The average molecular weight is 270 g/mol. The van der Waals surface area contributed by atoms with Gasteiger partial charge in [0.05, 0.1) is 10.4 Å². The predicted octanol–water partition coefficient (Wildman–Crippen LogP) is 3.74. The summed E-state index contributed by atoms with van der Waals surface area (Å²) in [5.41, 5.74) is 1.49. The summed E-state index contributed by atoms with van der Waals surface area (Å²) >= 11 is 1.23. The number of anilines is 2. The second-order valence-electron chi connectivity index (χ2n) is 3.97. The molecule has 0 fully saturated rings. The molecule has 2 aromatic heterocycles. The fraction of sp³-hybridized carbons (Fsp3) is 0. The highest BCUT2D eigenvalue weighted by Crippen LogP contribution is 2.36. The fourth-order valence-electron chi connectivity index (χ4n) is 1.89. The number of rotatable bonds is 3. The van der Waals surface area contributed by atoms with E-state index in [1.165, 1.54) is 11.3 Å². The number of carbonyl (C=O) groups is 1. The number of carboxylic acids is 1. The summed E-state index contributed by atoms with van der Waals surface area (Å²) in [6, 6.07) is 11.3. The van der Waals surface area contributed by atoms with Crippen molar-refractivity contribution in [3.05, 3.63) is 53.7 Å². The number of thiophene rings is 1. The highest BCUT2D eigenvalue weighted by molar-refractivity contribution is 7.21. The van der Waals surface area contributed by atoms with Crippen molar-refractivity contribution in [2.45, 2.75) is 0 Å². The lowest BCUT2D eigenvalue weighted by molar-refractivity contribution is 0.0703. The molecule has 3 rings (SSSR count). The molecule has 3 aromatic rings. The van der Waals surface area contributed by atoms with Crippen LogP contribution in [0, 0.1) is 0 Å². The van der Waals surface area contributed by atoms with Crippen molar-refractivity contribution < 1.29 is 9.90 Å². The van der Waals surface area contributed by atoms with Crippen LogP contribution in [0.4, 0.5) is 11.4 Å². The second-order valence-corrected chi connectivity index (χ2v) is 5.03. The number of nitrogens with one attached hydrogen (secondary N) is 1. The van der Waals surface area contributed by atoms with Crippen LogP contribution in [0.5, 0.6) is 0 Å². The third-order valence-corrected chi connectivity index (χ3v) is 3.86. The van der Waals surface area contributed by atoms with Gasteiger partial charge in [-0.15, -0.1) is 11.3 Å². The molecule has 0 amide bonds. The summed E-state index contributed by atoms with van der Waals surface area (Å²) in [6.45, 7) is 0. The maximum absolute atomic E-state index is 11.3. The van der Waals surface area contributed by atoms with Gasteiger partial charge in [-0.3, -0.25) is 4.98 Å². The van der Waals surface area contributed by atoms with Crippen LogP contribution in [0.25, 0.3) is 10.1 Å². The van der Waals surface area contributed by atoms with Gasteiger partial charge in [-0.2, -0.15) is 0 Å². The Bertz CT molecular complexity index is 738. The lowest BCUT2D eigenvalue weighted by atomic mass is 10.2. The standard InChI is InChI=1S/C14H10N2O2S/c17-14(18)13-12(16-9-4-2-1-3-5-9)10-6-7-15-8-11(10)19-13/h1-8,16H,(H,17,18). The molecule has 0 unspecified atom stereocenters. The van der Waals surface area contributed by atoms with Crippen LogP contribution in [0.3, 0.4) is 0 Å². The molecule has 94 valence electrons. The third-order valence-electron chi connectivity index (χ3n) is 2.73. The van der Waals surface area contributed by atoms with Gasteiger partial charge >= 0.3 is 5.97 Å². The Morgan fingerprint density at radius 1 is 1.21 bits per heavy atom. The largest absolute Gasteiger partial charge is 0.477 e. The molecule has 0 aliphatic carbocycles. The molecule has 5 heteroatoms. The maximum Gasteiger partial charge on any atom is 0.348 e. The van der Waals surface area contributed by atoms with E-state index in [0.29, 0.717) is 10.6 Å². The van der Waals surface area contributed by atoms with E-state index < -0.39 is 5.97 Å². The van der Waals surface area contributed by atoms with Crippen molar-refractivity contribution in [1.82, 2.24) is 4.98 Å². The zero-order chi connectivity index (χ0) is 13.2. The first-order chi connectivity index (χ1) is 9.25. The van der Waals surface area contributed by atoms with Crippen molar-refractivity contribution in [3.8, 4) is 0 Å². The van der Waals surface area contributed by atoms with Gasteiger partial charge in [0.1, 0.15) is 4.88 Å². The molecule has 1 aromatic carbocycles. The van der Waals surface area contributed by atoms with E-state index in [0.717, 1.165) is 15.8 Å². The molecular weight excluding hydrogens is 260 g/mol. The Morgan fingerprint density at radius 2 is 2.00 bits per heavy atom. The molecule has 0 spiro atoms. The molecule has 2 heterocycles. The van der Waals surface area contributed by atoms with Crippen molar-refractivity contribution in [2.75, 3.05) is 5.32 Å². The first-order valence-corrected chi connectivity index (χ1v) is 6.49. The lowest BCUT2D eigenvalue weighted by Gasteiger charge is -2.06. The normalized spacial score (nSPS) is 10.5. The van der Waals surface area contributed by atoms with Crippen LogP contribution in [-0.2, 0) is 0 Å². The van der Waals surface area contributed by atoms with Crippen molar-refractivity contribution >= 4 is 38.8 Å². The van der Waals surface area contributed by atoms with Crippen LogP contribution in [-0.4, -0.2) is 16.1 Å². The SMILES string of the molecule is O=C(O)c1sc2cnccc2c1Nc1ccccc1. The minimum absolute atomic E-state index is 0.298. The number of pyridine rings is 1. The Morgan fingerprint density at radius 3 is 2.74 bits per heavy atom. The van der Waals surface area contributed by atoms with E-state index in [4.69, 9.17) is 0 Å². The number of fused-ring (bicyclic) bond motifs is 1. The molecular formula is C14H10N2O2S. The van der Waals surface area contributed by atoms with Gasteiger partial charge in [0.25, 0.3) is 0 Å². The summed E-state index contributed by atoms with van der Waals surface area (Å²) < 4.78 is 0.860. The summed E-state index contributed by atoms with van der Waals surface area (Å²) in [5, 5.41) is 13.3. The minimum Gasteiger partial charge on any atom is -0.477 e. The van der Waals surface area contributed by atoms with E-state index in [9.17, 15) is 9.90 Å². The van der Waals surface area contributed by atoms with Crippen LogP contribution in [0.1, 0.15) is 9.67 Å². The number of hydrogen-bond donors (Lipinski definition) is 2. The molecule has 0 aliphatic heterocycles. The molecule has 19 heavy (non-hydrogen) atoms. The van der Waals surface area contributed by atoms with Crippen LogP contribution < -0.4 is 5.32 Å². The monoisotopic (exact) mass is 270 g/mol. The highest BCUT2D eigenvalue weighted by Gasteiger charge is 2.17. The quantitative estimate of drug-likeness (QED) is 0.761. The van der Waals surface area contributed by atoms with Crippen LogP contribution in [0.15, 0.2) is 48.8 Å². The van der Waals surface area contributed by atoms with E-state index >= 15 is 0 Å². The maximum atomic E-state index is 11.3. The van der Waals surface area contributed by atoms with Crippen LogP contribution >= 0.6 is 11.3 Å². The van der Waals surface area contributed by atoms with Gasteiger partial charge < -0.3 is 10.4 Å². The average Bonchev–Trinajstić information content (AvgIpc) is 2.79. The van der Waals surface area contributed by atoms with Crippen molar-refractivity contribution in [3.63, 3.8) is 0 Å². The van der Waals surface area contributed by atoms with Gasteiger partial charge in [0, 0.05) is 23.5 Å². The summed E-state index contributed by atoms with van der Waals surface area (Å²) in [6.07, 6.45) is 3.35. The lowest BCUT2D eigenvalue weighted by Crippen LogP contribution is -1.98. The topological polar surface area (TPSA) is 62.2 Å². The summed E-state index contributed by atoms with van der Waals surface area (Å²) in [4.78, 5) is 15.7. The number of carboxylic acid groups (broad SMARTS) is 1. The Labute approximate surface area is 113 Å². The molecule has 0 bridgehead atoms. The number of nitrogens with zero attached hydrogens (tertiary/aromatic N) is 1. The molecule has 2 N–H and O–H groups in total. The number of para-hydroxylation sites is 1. The molecule has 4 nitrogen and oxygen atoms in total. The van der Waals surface area contributed by atoms with Gasteiger partial charge in [-0.05, 0) is 18.2 Å². The fourth-order valence-corrected chi connectivity index (χ4v) is 2.86. The molecule has 0 saturated carbocycles. The number of aromatic nitrogens is 1. The van der Waals surface area contributed by atoms with E-state index in [1.54, 1.807) is 12.4 Å². The van der Waals surface area contributed by atoms with E-state index in [2.05, 4.69) is 10.3 Å².